The SMILES string of the molecule is C[NH+](Cc1ccccc1)Cc1cn([C@H]2CO[C@H]3[C@@H]2OC[C@@H]3NC(=O)CSCC(=O)[O-])nn1. The number of fused-ring (bicyclic) bond motifs is 1. The number of hydrogen-bond donors (Lipinski definition) is 2. The number of quaternary nitrogens is 1. The molecule has 10 nitrogen and oxygen atoms in total. The van der Waals surface area contributed by atoms with E-state index in [1.165, 1.54) is 10.5 Å². The zero-order valence-electron chi connectivity index (χ0n) is 17.8. The number of aromatic nitrogens is 3. The van der Waals surface area contributed by atoms with E-state index in [2.05, 4.69) is 34.8 Å². The summed E-state index contributed by atoms with van der Waals surface area (Å²) in [6.07, 6.45) is 1.45. The number of carbonyl (C=O) groups is 2. The number of nitrogens with zero attached hydrogens (tertiary/aromatic N) is 3. The number of carboxylic acids is 1. The van der Waals surface area contributed by atoms with Crippen molar-refractivity contribution in [2.45, 2.75) is 37.4 Å². The average molecular weight is 462 g/mol. The molecule has 0 spiro atoms. The summed E-state index contributed by atoms with van der Waals surface area (Å²) in [5, 5.41) is 22.0. The van der Waals surface area contributed by atoms with Crippen LogP contribution < -0.4 is 15.3 Å². The van der Waals surface area contributed by atoms with Crippen molar-refractivity contribution < 1.29 is 29.1 Å². The van der Waals surface area contributed by atoms with Gasteiger partial charge in [0.2, 0.25) is 5.91 Å². The number of ether oxygens (including phenoxy) is 2. The summed E-state index contributed by atoms with van der Waals surface area (Å²) in [6, 6.07) is 9.95. The smallest absolute Gasteiger partial charge is 0.230 e. The van der Waals surface area contributed by atoms with Crippen LogP contribution in [0.15, 0.2) is 36.5 Å². The summed E-state index contributed by atoms with van der Waals surface area (Å²) in [7, 11) is 2.12. The van der Waals surface area contributed by atoms with Crippen LogP contribution in [0, 0.1) is 0 Å². The van der Waals surface area contributed by atoms with E-state index in [-0.39, 0.29) is 41.7 Å². The average Bonchev–Trinajstić information content (AvgIpc) is 3.46. The first-order valence-corrected chi connectivity index (χ1v) is 11.7. The minimum Gasteiger partial charge on any atom is -0.549 e. The third kappa shape index (κ3) is 5.66. The van der Waals surface area contributed by atoms with Gasteiger partial charge in [-0.1, -0.05) is 35.5 Å². The van der Waals surface area contributed by atoms with Crippen LogP contribution >= 0.6 is 11.8 Å². The predicted molar refractivity (Wildman–Crippen MR) is 114 cm³/mol. The fourth-order valence-corrected chi connectivity index (χ4v) is 4.72. The second kappa shape index (κ2) is 10.4. The fourth-order valence-electron chi connectivity index (χ4n) is 4.18. The number of thioether (sulfide) groups is 1. The van der Waals surface area contributed by atoms with Crippen molar-refractivity contribution in [2.75, 3.05) is 31.8 Å². The molecule has 1 aromatic heterocycles. The lowest BCUT2D eigenvalue weighted by Gasteiger charge is -2.17. The third-order valence-electron chi connectivity index (χ3n) is 5.56. The van der Waals surface area contributed by atoms with Crippen LogP contribution in [0.25, 0.3) is 0 Å². The van der Waals surface area contributed by atoms with E-state index in [0.29, 0.717) is 13.2 Å². The molecule has 11 heteroatoms. The molecule has 2 aliphatic rings. The van der Waals surface area contributed by atoms with Gasteiger partial charge in [-0.05, 0) is 0 Å². The molecule has 1 amide bonds. The van der Waals surface area contributed by atoms with Gasteiger partial charge in [-0.3, -0.25) is 4.79 Å². The number of hydrogen-bond acceptors (Lipinski definition) is 8. The maximum absolute atomic E-state index is 12.1. The molecule has 0 bridgehead atoms. The normalized spacial score (nSPS) is 25.4. The standard InChI is InChI=1S/C21H27N5O5S/c1-25(7-14-5-3-2-4-6-14)8-15-9-26(24-23-15)17-11-31-20-16(10-30-21(17)20)22-18(27)12-32-13-19(28)29/h2-6,9,16-17,20-21H,7-8,10-13H2,1H3,(H,22,27)(H,28,29)/t16-,17-,20+,21+/m0/s1. The molecule has 0 saturated carbocycles. The van der Waals surface area contributed by atoms with Crippen LogP contribution in [-0.4, -0.2) is 76.9 Å². The van der Waals surface area contributed by atoms with E-state index >= 15 is 0 Å². The monoisotopic (exact) mass is 461 g/mol. The molecule has 1 unspecified atom stereocenters. The summed E-state index contributed by atoms with van der Waals surface area (Å²) < 4.78 is 13.7. The van der Waals surface area contributed by atoms with Gasteiger partial charge in [0.15, 0.2) is 0 Å². The van der Waals surface area contributed by atoms with Crippen LogP contribution in [0.4, 0.5) is 0 Å². The van der Waals surface area contributed by atoms with Crippen LogP contribution in [-0.2, 0) is 32.2 Å². The van der Waals surface area contributed by atoms with Crippen molar-refractivity contribution in [3.8, 4) is 0 Å². The molecule has 1 aromatic carbocycles. The van der Waals surface area contributed by atoms with Gasteiger partial charge in [0, 0.05) is 11.3 Å². The van der Waals surface area contributed by atoms with Gasteiger partial charge in [-0.2, -0.15) is 0 Å². The molecule has 4 rings (SSSR count). The lowest BCUT2D eigenvalue weighted by atomic mass is 10.1. The lowest BCUT2D eigenvalue weighted by Crippen LogP contribution is -3.06. The Bertz CT molecular complexity index is 926. The van der Waals surface area contributed by atoms with Crippen molar-refractivity contribution >= 4 is 23.6 Å². The van der Waals surface area contributed by atoms with Crippen LogP contribution in [0.3, 0.4) is 0 Å². The highest BCUT2D eigenvalue weighted by molar-refractivity contribution is 8.00. The van der Waals surface area contributed by atoms with Crippen LogP contribution in [0.2, 0.25) is 0 Å². The number of amides is 1. The highest BCUT2D eigenvalue weighted by Crippen LogP contribution is 2.33. The second-order valence-corrected chi connectivity index (χ2v) is 9.17. The maximum Gasteiger partial charge on any atom is 0.230 e. The van der Waals surface area contributed by atoms with Crippen molar-refractivity contribution in [1.82, 2.24) is 20.3 Å². The number of aliphatic carboxylic acids is 1. The van der Waals surface area contributed by atoms with Crippen molar-refractivity contribution in [1.29, 1.82) is 0 Å². The molecule has 32 heavy (non-hydrogen) atoms. The van der Waals surface area contributed by atoms with E-state index in [0.717, 1.165) is 30.5 Å². The van der Waals surface area contributed by atoms with Gasteiger partial charge in [0.1, 0.15) is 37.0 Å². The Labute approximate surface area is 190 Å². The molecular weight excluding hydrogens is 434 g/mol. The van der Waals surface area contributed by atoms with E-state index < -0.39 is 5.97 Å². The summed E-state index contributed by atoms with van der Waals surface area (Å²) in [4.78, 5) is 23.8. The molecule has 2 saturated heterocycles. The van der Waals surface area contributed by atoms with Gasteiger partial charge in [0.05, 0.1) is 44.2 Å². The molecule has 5 atom stereocenters. The highest BCUT2D eigenvalue weighted by Gasteiger charge is 2.49. The Morgan fingerprint density at radius 2 is 1.97 bits per heavy atom. The molecule has 2 aromatic rings. The summed E-state index contributed by atoms with van der Waals surface area (Å²) in [6.45, 7) is 2.42. The van der Waals surface area contributed by atoms with E-state index in [1.54, 1.807) is 4.68 Å². The van der Waals surface area contributed by atoms with E-state index in [4.69, 9.17) is 9.47 Å². The van der Waals surface area contributed by atoms with Gasteiger partial charge < -0.3 is 29.6 Å². The Morgan fingerprint density at radius 1 is 1.19 bits per heavy atom. The Balaban J connectivity index is 1.28. The molecule has 0 aliphatic carbocycles. The largest absolute Gasteiger partial charge is 0.549 e. The van der Waals surface area contributed by atoms with Crippen molar-refractivity contribution in [2.24, 2.45) is 0 Å². The van der Waals surface area contributed by atoms with Crippen molar-refractivity contribution in [3.63, 3.8) is 0 Å². The van der Waals surface area contributed by atoms with Gasteiger partial charge in [-0.25, -0.2) is 4.68 Å². The van der Waals surface area contributed by atoms with Crippen molar-refractivity contribution in [3.05, 3.63) is 47.8 Å². The summed E-state index contributed by atoms with van der Waals surface area (Å²) >= 11 is 1.00. The molecule has 172 valence electrons. The summed E-state index contributed by atoms with van der Waals surface area (Å²) in [5.41, 5.74) is 2.17. The van der Waals surface area contributed by atoms with Gasteiger partial charge in [-0.15, -0.1) is 16.9 Å². The van der Waals surface area contributed by atoms with Gasteiger partial charge >= 0.3 is 0 Å². The number of benzene rings is 1. The third-order valence-corrected chi connectivity index (χ3v) is 6.46. The number of nitrogens with one attached hydrogen (secondary N) is 2. The number of carbonyl (C=O) groups excluding carboxylic acids is 2. The Kier molecular flexibility index (Phi) is 7.40. The molecule has 2 N–H and O–H groups in total. The van der Waals surface area contributed by atoms with E-state index in [1.807, 2.05) is 24.4 Å². The first-order chi connectivity index (χ1) is 15.5. The Morgan fingerprint density at radius 3 is 2.75 bits per heavy atom. The zero-order chi connectivity index (χ0) is 22.5. The van der Waals surface area contributed by atoms with Gasteiger partial charge in [0.25, 0.3) is 0 Å². The molecule has 3 heterocycles. The highest BCUT2D eigenvalue weighted by atomic mass is 32.2. The van der Waals surface area contributed by atoms with Crippen LogP contribution in [0.1, 0.15) is 17.3 Å². The zero-order valence-corrected chi connectivity index (χ0v) is 18.6. The fraction of sp³-hybridized carbons (Fsp3) is 0.524. The number of carboxylic acid groups (broad SMARTS) is 1. The molecule has 2 aliphatic heterocycles. The summed E-state index contributed by atoms with van der Waals surface area (Å²) in [5.74, 6) is -1.59. The first kappa shape index (κ1) is 22.7. The second-order valence-electron chi connectivity index (χ2n) is 8.19. The maximum atomic E-state index is 12.1. The van der Waals surface area contributed by atoms with Crippen LogP contribution in [0.5, 0.6) is 0 Å². The quantitative estimate of drug-likeness (QED) is 0.409. The number of rotatable bonds is 10. The Hall–Kier alpha value is -2.47. The minimum absolute atomic E-state index is 0.0521. The predicted octanol–water partition coefficient (Wildman–Crippen LogP) is -2.20. The topological polar surface area (TPSA) is 123 Å². The molecule has 0 radical (unpaired) electrons. The first-order valence-electron chi connectivity index (χ1n) is 10.6. The minimum atomic E-state index is -1.19. The molecular formula is C21H27N5O5S. The molecule has 2 fully saturated rings. The van der Waals surface area contributed by atoms with E-state index in [9.17, 15) is 14.7 Å². The lowest BCUT2D eigenvalue weighted by molar-refractivity contribution is -0.908.